The van der Waals surface area contributed by atoms with Crippen LogP contribution in [0.2, 0.25) is 0 Å². The maximum absolute atomic E-state index is 14.7. The molecule has 4 rings (SSSR count). The van der Waals surface area contributed by atoms with Gasteiger partial charge in [0, 0.05) is 57.4 Å². The standard InChI is InChI=1S/C59H86N10O19S/c1-32(2)24-42(59(87)88)68-53(81)38(19-20-47(74)75)64-56(84)41(28-48(76)77)67-52(80)37(18-10-11-21-60)63-54(82)39(25-34-14-6-4-7-15-34)65-55(83)40(26-35-16-8-5-9-17-35)66-57(85)43(62-33(3)71)31-89-45-29-46(73)69(58(45)86)23-13-12-22-61-49-44(72)27-36(30-70)50(78)51(49)79/h4-9,14-17,32,36-45,49-51,61,70,72,78-79H,10-13,18-31,60H2,1-3H3,(H,62,71)(H,63,82)(H,64,84)(H,65,83)(H,66,85)(H,67,80)(H,68,81)(H,74,75)(H,76,77)(H,87,88)/p+1/t36-,37?,38?,39?,40?,41?,42?,43?,44?,45?,49+,50-,51-/m1/s1. The Labute approximate surface area is 519 Å². The van der Waals surface area contributed by atoms with Crippen molar-refractivity contribution in [1.82, 2.24) is 47.4 Å². The zero-order valence-corrected chi connectivity index (χ0v) is 51.0. The fourth-order valence-corrected chi connectivity index (χ4v) is 11.4. The Morgan fingerprint density at radius 2 is 1.12 bits per heavy atom. The number of nitrogens with one attached hydrogen (secondary N) is 8. The number of carbonyl (C=O) groups is 12. The molecule has 1 saturated heterocycles. The van der Waals surface area contributed by atoms with Crippen molar-refractivity contribution in [2.75, 3.05) is 32.0 Å². The van der Waals surface area contributed by atoms with E-state index in [4.69, 9.17) is 0 Å². The first-order chi connectivity index (χ1) is 42.2. The number of nitrogens with zero attached hydrogens (tertiary/aromatic N) is 1. The van der Waals surface area contributed by atoms with Crippen molar-refractivity contribution in [2.24, 2.45) is 11.8 Å². The molecule has 0 spiro atoms. The van der Waals surface area contributed by atoms with Crippen LogP contribution in [-0.4, -0.2) is 216 Å². The second-order valence-corrected chi connectivity index (χ2v) is 23.9. The van der Waals surface area contributed by atoms with Crippen molar-refractivity contribution in [1.29, 1.82) is 0 Å². The van der Waals surface area contributed by atoms with Gasteiger partial charge in [0.1, 0.15) is 42.3 Å². The van der Waals surface area contributed by atoms with Crippen molar-refractivity contribution < 1.29 is 99.0 Å². The van der Waals surface area contributed by atoms with Gasteiger partial charge in [-0.15, -0.1) is 11.8 Å². The molecule has 492 valence electrons. The summed E-state index contributed by atoms with van der Waals surface area (Å²) < 4.78 is 0. The molecule has 89 heavy (non-hydrogen) atoms. The van der Waals surface area contributed by atoms with Crippen LogP contribution in [0.5, 0.6) is 0 Å². The van der Waals surface area contributed by atoms with E-state index in [0.717, 1.165) is 23.6 Å². The number of unbranched alkanes of at least 4 members (excludes halogenated alkanes) is 2. The Kier molecular flexibility index (Phi) is 31.0. The molecular weight excluding hydrogens is 1180 g/mol. The first-order valence-corrected chi connectivity index (χ1v) is 30.7. The van der Waals surface area contributed by atoms with E-state index >= 15 is 0 Å². The average Bonchev–Trinajstić information content (AvgIpc) is 2.45. The molecule has 1 heterocycles. The molecule has 29 nitrogen and oxygen atoms in total. The summed E-state index contributed by atoms with van der Waals surface area (Å²) in [5, 5.41) is 89.2. The predicted octanol–water partition coefficient (Wildman–Crippen LogP) is -3.54. The maximum atomic E-state index is 14.7. The van der Waals surface area contributed by atoms with Gasteiger partial charge >= 0.3 is 17.9 Å². The number of carboxylic acid groups (broad SMARTS) is 3. The van der Waals surface area contributed by atoms with Gasteiger partial charge in [-0.05, 0) is 75.0 Å². The van der Waals surface area contributed by atoms with Gasteiger partial charge in [-0.2, -0.15) is 0 Å². The molecule has 9 unspecified atom stereocenters. The van der Waals surface area contributed by atoms with Gasteiger partial charge in [-0.25, -0.2) is 4.79 Å². The van der Waals surface area contributed by atoms with Crippen molar-refractivity contribution in [3.63, 3.8) is 0 Å². The third-order valence-electron chi connectivity index (χ3n) is 15.0. The Morgan fingerprint density at radius 1 is 0.618 bits per heavy atom. The minimum absolute atomic E-state index is 0.0340. The quantitative estimate of drug-likeness (QED) is 0.0228. The molecular formula is C59H87N10O19S+. The predicted molar refractivity (Wildman–Crippen MR) is 319 cm³/mol. The second-order valence-electron chi connectivity index (χ2n) is 22.7. The van der Waals surface area contributed by atoms with Crippen LogP contribution in [0.15, 0.2) is 60.7 Å². The van der Waals surface area contributed by atoms with Crippen LogP contribution in [0.3, 0.4) is 0 Å². The number of aliphatic hydroxyl groups excluding tert-OH is 4. The van der Waals surface area contributed by atoms with Gasteiger partial charge in [0.25, 0.3) is 0 Å². The lowest BCUT2D eigenvalue weighted by Gasteiger charge is -2.40. The molecule has 0 bridgehead atoms. The topological polar surface area (TPSA) is 474 Å². The van der Waals surface area contributed by atoms with Gasteiger partial charge in [0.2, 0.25) is 53.2 Å². The number of benzene rings is 2. The first-order valence-electron chi connectivity index (χ1n) is 29.7. The molecule has 2 fully saturated rings. The van der Waals surface area contributed by atoms with E-state index in [1.807, 2.05) is 0 Å². The van der Waals surface area contributed by atoms with Crippen molar-refractivity contribution in [2.45, 2.75) is 176 Å². The highest BCUT2D eigenvalue weighted by molar-refractivity contribution is 8.00. The highest BCUT2D eigenvalue weighted by Crippen LogP contribution is 2.28. The number of carboxylic acids is 3. The molecule has 13 atom stereocenters. The summed E-state index contributed by atoms with van der Waals surface area (Å²) in [5.74, 6) is -13.3. The van der Waals surface area contributed by atoms with Crippen LogP contribution in [0.1, 0.15) is 103 Å². The lowest BCUT2D eigenvalue weighted by Crippen LogP contribution is -2.60. The summed E-state index contributed by atoms with van der Waals surface area (Å²) in [6, 6.07) is 5.03. The summed E-state index contributed by atoms with van der Waals surface area (Å²) in [7, 11) is 0. The monoisotopic (exact) mass is 1270 g/mol. The number of quaternary nitrogens is 1. The summed E-state index contributed by atoms with van der Waals surface area (Å²) in [5.41, 5.74) is 4.90. The molecule has 0 aromatic heterocycles. The molecule has 1 saturated carbocycles. The van der Waals surface area contributed by atoms with Crippen LogP contribution in [0, 0.1) is 11.8 Å². The number of hydrogen-bond donors (Lipinski definition) is 16. The molecule has 18 N–H and O–H groups in total. The van der Waals surface area contributed by atoms with E-state index in [1.54, 1.807) is 74.5 Å². The third kappa shape index (κ3) is 24.7. The van der Waals surface area contributed by atoms with E-state index < -0.39 is 175 Å². The summed E-state index contributed by atoms with van der Waals surface area (Å²) >= 11 is 0.940. The number of hydrogen-bond acceptors (Lipinski definition) is 18. The Hall–Kier alpha value is -7.61. The number of rotatable bonds is 39. The summed E-state index contributed by atoms with van der Waals surface area (Å²) in [6.07, 6.45) is -5.13. The number of thioether (sulfide) groups is 1. The molecule has 0 radical (unpaired) electrons. The number of aliphatic carboxylic acids is 3. The first kappa shape index (κ1) is 73.9. The Morgan fingerprint density at radius 3 is 1.63 bits per heavy atom. The third-order valence-corrected chi connectivity index (χ3v) is 16.3. The largest absolute Gasteiger partial charge is 0.481 e. The number of amides is 9. The lowest BCUT2D eigenvalue weighted by molar-refractivity contribution is -0.368. The van der Waals surface area contributed by atoms with Gasteiger partial charge in [-0.1, -0.05) is 74.5 Å². The molecule has 2 aromatic carbocycles. The number of imide groups is 1. The fourth-order valence-electron chi connectivity index (χ4n) is 10.2. The SMILES string of the molecule is CC(=O)NC(CSC1CC(=O)N(CCCCN[C@H]2C(O)C[C@H](CO)[C@@H](O)[C@@H]2O)C1=O)C(=O)NC(Cc1ccccc1)C(=O)NC(Cc1ccccc1)C(=O)NC(CCCC[NH3+])C(=O)NC(CC(=O)O)C(=O)NC(CCC(=O)O)C(=O)NC(CC(C)C)C(=O)O. The smallest absolute Gasteiger partial charge is 0.326 e. The Bertz CT molecular complexity index is 2730. The highest BCUT2D eigenvalue weighted by atomic mass is 32.2. The van der Waals surface area contributed by atoms with E-state index in [9.17, 15) is 93.3 Å². The zero-order chi connectivity index (χ0) is 65.9. The normalized spacial score (nSPS) is 20.6. The van der Waals surface area contributed by atoms with Crippen molar-refractivity contribution in [3.05, 3.63) is 71.8 Å². The summed E-state index contributed by atoms with van der Waals surface area (Å²) in [6.45, 7) is 4.83. The van der Waals surface area contributed by atoms with E-state index in [2.05, 4.69) is 48.3 Å². The number of carbonyl (C=O) groups excluding carboxylic acids is 9. The molecule has 1 aliphatic heterocycles. The molecule has 1 aliphatic carbocycles. The zero-order valence-electron chi connectivity index (χ0n) is 50.2. The average molecular weight is 1270 g/mol. The highest BCUT2D eigenvalue weighted by Gasteiger charge is 2.43. The number of likely N-dealkylation sites (tertiary alicyclic amines) is 1. The van der Waals surface area contributed by atoms with Crippen LogP contribution < -0.4 is 48.3 Å². The molecule has 2 aromatic rings. The Balaban J connectivity index is 1.53. The number of aliphatic hydroxyl groups is 4. The molecule has 2 aliphatic rings. The summed E-state index contributed by atoms with van der Waals surface area (Å²) in [4.78, 5) is 161. The second kappa shape index (κ2) is 37.4. The van der Waals surface area contributed by atoms with Crippen molar-refractivity contribution in [3.8, 4) is 0 Å². The maximum Gasteiger partial charge on any atom is 0.326 e. The van der Waals surface area contributed by atoms with Gasteiger partial charge < -0.3 is 84.0 Å². The van der Waals surface area contributed by atoms with E-state index in [0.29, 0.717) is 36.9 Å². The van der Waals surface area contributed by atoms with Gasteiger partial charge in [0.05, 0.1) is 42.6 Å². The van der Waals surface area contributed by atoms with Gasteiger partial charge in [0.15, 0.2) is 0 Å². The van der Waals surface area contributed by atoms with Gasteiger partial charge in [-0.3, -0.25) is 57.6 Å². The fraction of sp³-hybridized carbons (Fsp3) is 0.593. The van der Waals surface area contributed by atoms with Crippen LogP contribution in [0.4, 0.5) is 0 Å². The van der Waals surface area contributed by atoms with Crippen molar-refractivity contribution >= 4 is 82.8 Å². The van der Waals surface area contributed by atoms with Crippen LogP contribution in [0.25, 0.3) is 0 Å². The minimum Gasteiger partial charge on any atom is -0.481 e. The van der Waals surface area contributed by atoms with Crippen LogP contribution >= 0.6 is 11.8 Å². The van der Waals surface area contributed by atoms with E-state index in [-0.39, 0.29) is 69.7 Å². The lowest BCUT2D eigenvalue weighted by atomic mass is 9.80. The van der Waals surface area contributed by atoms with Crippen LogP contribution in [-0.2, 0) is 70.4 Å². The molecule has 30 heteroatoms. The van der Waals surface area contributed by atoms with E-state index in [1.165, 1.54) is 0 Å². The molecule has 9 amide bonds. The minimum atomic E-state index is -1.94.